The van der Waals surface area contributed by atoms with Gasteiger partial charge in [0.05, 0.1) is 0 Å². The monoisotopic (exact) mass is 122 g/mol. The number of rotatable bonds is 1. The highest BCUT2D eigenvalue weighted by atomic mass is 14.9. The lowest BCUT2D eigenvalue weighted by Gasteiger charge is -2.04. The third-order valence-electron chi connectivity index (χ3n) is 4.43. The van der Waals surface area contributed by atoms with Gasteiger partial charge in [0.1, 0.15) is 0 Å². The fraction of sp³-hybridized carbons (Fsp3) is 1.00. The van der Waals surface area contributed by atoms with E-state index in [4.69, 9.17) is 0 Å². The minimum absolute atomic E-state index is 0.917. The van der Waals surface area contributed by atoms with Gasteiger partial charge in [0.15, 0.2) is 0 Å². The van der Waals surface area contributed by atoms with Crippen molar-refractivity contribution < 1.29 is 0 Å². The van der Waals surface area contributed by atoms with Crippen molar-refractivity contribution in [2.24, 2.45) is 29.1 Å². The van der Waals surface area contributed by atoms with Gasteiger partial charge in [0.25, 0.3) is 0 Å². The fourth-order valence-electron chi connectivity index (χ4n) is 3.74. The Morgan fingerprint density at radius 2 is 2.11 bits per heavy atom. The van der Waals surface area contributed by atoms with Crippen LogP contribution in [0.5, 0.6) is 0 Å². The quantitative estimate of drug-likeness (QED) is 0.500. The molecule has 0 aromatic rings. The van der Waals surface area contributed by atoms with E-state index in [9.17, 15) is 0 Å². The first kappa shape index (κ1) is 4.76. The summed E-state index contributed by atoms with van der Waals surface area (Å²) in [6.07, 6.45) is 3.04. The van der Waals surface area contributed by atoms with Crippen LogP contribution in [0.15, 0.2) is 0 Å². The summed E-state index contributed by atoms with van der Waals surface area (Å²) in [5, 5.41) is 0. The summed E-state index contributed by atoms with van der Waals surface area (Å²) in [7, 11) is 0. The molecule has 50 valence electrons. The molecule has 4 rings (SSSR count). The van der Waals surface area contributed by atoms with Gasteiger partial charge < -0.3 is 0 Å². The Bertz CT molecular complexity index is 167. The molecule has 5 atom stereocenters. The van der Waals surface area contributed by atoms with Crippen LogP contribution < -0.4 is 0 Å². The van der Waals surface area contributed by atoms with E-state index < -0.39 is 0 Å². The molecule has 4 saturated carbocycles. The summed E-state index contributed by atoms with van der Waals surface area (Å²) in [5.74, 6) is 4.77. The average molecular weight is 122 g/mol. The Kier molecular flexibility index (Phi) is 0.518. The molecule has 0 aromatic carbocycles. The highest BCUT2D eigenvalue weighted by molar-refractivity contribution is 5.35. The van der Waals surface area contributed by atoms with Crippen molar-refractivity contribution in [3.05, 3.63) is 0 Å². The van der Waals surface area contributed by atoms with Crippen LogP contribution in [0.4, 0.5) is 0 Å². The van der Waals surface area contributed by atoms with Gasteiger partial charge in [-0.25, -0.2) is 0 Å². The standard InChI is InChI=1S/C9H14/c1-3-5-4-6-8-7(5)9(6,8)2/h5-8H,3-4H2,1-2H3/t5?,6-,7-,8-,9?/m0/s1. The Morgan fingerprint density at radius 1 is 1.44 bits per heavy atom. The smallest absolute Gasteiger partial charge is 0.0226 e. The lowest BCUT2D eigenvalue weighted by molar-refractivity contribution is 0.449. The largest absolute Gasteiger partial charge is 0.0651 e. The number of hydrogen-bond donors (Lipinski definition) is 0. The predicted octanol–water partition coefficient (Wildman–Crippen LogP) is 2.30. The van der Waals surface area contributed by atoms with E-state index in [0.717, 1.165) is 11.3 Å². The van der Waals surface area contributed by atoms with E-state index >= 15 is 0 Å². The molecule has 2 unspecified atom stereocenters. The molecular weight excluding hydrogens is 108 g/mol. The lowest BCUT2D eigenvalue weighted by atomic mass is 10.0. The summed E-state index contributed by atoms with van der Waals surface area (Å²) in [6, 6.07) is 0. The van der Waals surface area contributed by atoms with E-state index in [2.05, 4.69) is 13.8 Å². The van der Waals surface area contributed by atoms with Gasteiger partial charge in [-0.1, -0.05) is 20.3 Å². The van der Waals surface area contributed by atoms with Crippen molar-refractivity contribution in [2.45, 2.75) is 26.7 Å². The van der Waals surface area contributed by atoms with Gasteiger partial charge >= 0.3 is 0 Å². The van der Waals surface area contributed by atoms with Crippen molar-refractivity contribution in [3.63, 3.8) is 0 Å². The molecule has 4 aliphatic rings. The molecule has 0 heteroatoms. The zero-order chi connectivity index (χ0) is 6.22. The molecule has 0 aliphatic heterocycles. The first-order valence-electron chi connectivity index (χ1n) is 4.30. The normalized spacial score (nSPS) is 74.0. The molecule has 0 N–H and O–H groups in total. The minimum Gasteiger partial charge on any atom is -0.0651 e. The van der Waals surface area contributed by atoms with Gasteiger partial charge in [-0.05, 0) is 35.5 Å². The zero-order valence-electron chi connectivity index (χ0n) is 6.22. The van der Waals surface area contributed by atoms with Crippen LogP contribution in [-0.2, 0) is 0 Å². The Balaban J connectivity index is 1.90. The highest BCUT2D eigenvalue weighted by Gasteiger charge is 2.88. The summed E-state index contributed by atoms with van der Waals surface area (Å²) >= 11 is 0. The third kappa shape index (κ3) is 0.281. The molecule has 0 aromatic heterocycles. The maximum absolute atomic E-state index is 2.50. The van der Waals surface area contributed by atoms with Crippen LogP contribution in [-0.4, -0.2) is 0 Å². The van der Waals surface area contributed by atoms with Crippen LogP contribution in [0.25, 0.3) is 0 Å². The Morgan fingerprint density at radius 3 is 2.33 bits per heavy atom. The van der Waals surface area contributed by atoms with E-state index in [1.54, 1.807) is 6.42 Å². The van der Waals surface area contributed by atoms with E-state index in [1.807, 2.05) is 0 Å². The maximum atomic E-state index is 2.50. The second-order valence-corrected chi connectivity index (χ2v) is 4.43. The predicted molar refractivity (Wildman–Crippen MR) is 37.0 cm³/mol. The minimum atomic E-state index is 0.917. The zero-order valence-corrected chi connectivity index (χ0v) is 6.22. The SMILES string of the molecule is CCC1C[C@H]2[C@H]3[C@H]1C32C. The third-order valence-corrected chi connectivity index (χ3v) is 4.43. The van der Waals surface area contributed by atoms with Crippen molar-refractivity contribution in [2.75, 3.05) is 0 Å². The lowest BCUT2D eigenvalue weighted by Crippen LogP contribution is -1.97. The molecule has 4 aliphatic carbocycles. The molecule has 0 heterocycles. The Hall–Kier alpha value is 0. The number of fused-ring (bicyclic) bond motifs is 1. The molecular formula is C9H14. The second kappa shape index (κ2) is 0.980. The second-order valence-electron chi connectivity index (χ2n) is 4.43. The first-order valence-corrected chi connectivity index (χ1v) is 4.30. The summed E-state index contributed by atoms with van der Waals surface area (Å²) < 4.78 is 0. The molecule has 0 radical (unpaired) electrons. The van der Waals surface area contributed by atoms with Gasteiger partial charge in [0, 0.05) is 0 Å². The molecule has 0 nitrogen and oxygen atoms in total. The van der Waals surface area contributed by atoms with Crippen molar-refractivity contribution >= 4 is 0 Å². The van der Waals surface area contributed by atoms with Crippen LogP contribution in [0.1, 0.15) is 26.7 Å². The molecule has 2 bridgehead atoms. The fourth-order valence-corrected chi connectivity index (χ4v) is 3.74. The molecule has 9 heavy (non-hydrogen) atoms. The van der Waals surface area contributed by atoms with Gasteiger partial charge in [0.2, 0.25) is 0 Å². The van der Waals surface area contributed by atoms with Crippen LogP contribution >= 0.6 is 0 Å². The van der Waals surface area contributed by atoms with Crippen molar-refractivity contribution in [1.29, 1.82) is 0 Å². The van der Waals surface area contributed by atoms with Crippen LogP contribution in [0, 0.1) is 29.1 Å². The van der Waals surface area contributed by atoms with Gasteiger partial charge in [-0.15, -0.1) is 0 Å². The van der Waals surface area contributed by atoms with Gasteiger partial charge in [-0.3, -0.25) is 0 Å². The summed E-state index contributed by atoms with van der Waals surface area (Å²) in [4.78, 5) is 0. The summed E-state index contributed by atoms with van der Waals surface area (Å²) in [6.45, 7) is 4.86. The molecule has 4 fully saturated rings. The van der Waals surface area contributed by atoms with Gasteiger partial charge in [-0.2, -0.15) is 0 Å². The molecule has 0 amide bonds. The van der Waals surface area contributed by atoms with Crippen molar-refractivity contribution in [1.82, 2.24) is 0 Å². The highest BCUT2D eigenvalue weighted by Crippen LogP contribution is 2.92. The van der Waals surface area contributed by atoms with E-state index in [-0.39, 0.29) is 0 Å². The maximum Gasteiger partial charge on any atom is -0.0226 e. The molecule has 0 saturated heterocycles. The van der Waals surface area contributed by atoms with Crippen LogP contribution in [0.3, 0.4) is 0 Å². The van der Waals surface area contributed by atoms with E-state index in [0.29, 0.717) is 0 Å². The van der Waals surface area contributed by atoms with Crippen molar-refractivity contribution in [3.8, 4) is 0 Å². The molecule has 0 spiro atoms. The summed E-state index contributed by atoms with van der Waals surface area (Å²) in [5.41, 5.74) is 0.917. The average Bonchev–Trinajstić information content (AvgIpc) is 2.56. The number of hydrogen-bond acceptors (Lipinski definition) is 0. The first-order chi connectivity index (χ1) is 4.30. The Labute approximate surface area is 56.6 Å². The van der Waals surface area contributed by atoms with Crippen LogP contribution in [0.2, 0.25) is 0 Å². The van der Waals surface area contributed by atoms with E-state index in [1.165, 1.54) is 24.2 Å². The topological polar surface area (TPSA) is 0 Å².